The number of carboxylic acids is 1. The molecule has 2 unspecified atom stereocenters. The molecule has 0 fully saturated rings. The van der Waals surface area contributed by atoms with Gasteiger partial charge in [0.1, 0.15) is 5.54 Å². The average Bonchev–Trinajstić information content (AvgIpc) is 2.32. The van der Waals surface area contributed by atoms with Crippen LogP contribution in [0.2, 0.25) is 0 Å². The van der Waals surface area contributed by atoms with Crippen LogP contribution in [-0.2, 0) is 4.79 Å². The van der Waals surface area contributed by atoms with E-state index in [1.807, 2.05) is 25.6 Å². The molecule has 0 bridgehead atoms. The zero-order valence-corrected chi connectivity index (χ0v) is 13.3. The van der Waals surface area contributed by atoms with E-state index < -0.39 is 11.5 Å². The van der Waals surface area contributed by atoms with Gasteiger partial charge in [-0.25, -0.2) is 0 Å². The van der Waals surface area contributed by atoms with Crippen molar-refractivity contribution < 1.29 is 9.90 Å². The summed E-state index contributed by atoms with van der Waals surface area (Å²) in [7, 11) is 0. The van der Waals surface area contributed by atoms with Crippen LogP contribution >= 0.6 is 11.8 Å². The topological polar surface area (TPSA) is 49.3 Å². The van der Waals surface area contributed by atoms with Crippen molar-refractivity contribution in [3.05, 3.63) is 0 Å². The van der Waals surface area contributed by atoms with Gasteiger partial charge in [-0.15, -0.1) is 0 Å². The highest BCUT2D eigenvalue weighted by Gasteiger charge is 2.34. The van der Waals surface area contributed by atoms with Crippen molar-refractivity contribution in [1.29, 1.82) is 0 Å². The molecule has 0 heterocycles. The van der Waals surface area contributed by atoms with Gasteiger partial charge in [0.25, 0.3) is 0 Å². The van der Waals surface area contributed by atoms with E-state index in [1.54, 1.807) is 0 Å². The Bertz CT molecular complexity index is 246. The van der Waals surface area contributed by atoms with Gasteiger partial charge in [0.2, 0.25) is 0 Å². The molecule has 2 N–H and O–H groups in total. The van der Waals surface area contributed by atoms with E-state index in [2.05, 4.69) is 26.1 Å². The van der Waals surface area contributed by atoms with Crippen LogP contribution in [0.4, 0.5) is 0 Å². The molecule has 0 radical (unpaired) electrons. The second-order valence-electron chi connectivity index (χ2n) is 5.19. The first kappa shape index (κ1) is 17.8. The Hall–Kier alpha value is -0.220. The molecule has 3 nitrogen and oxygen atoms in total. The van der Waals surface area contributed by atoms with Crippen LogP contribution in [-0.4, -0.2) is 34.2 Å². The highest BCUT2D eigenvalue weighted by Crippen LogP contribution is 2.23. The molecule has 2 atom stereocenters. The van der Waals surface area contributed by atoms with Gasteiger partial charge in [-0.3, -0.25) is 4.79 Å². The normalized spacial score (nSPS) is 16.6. The first-order chi connectivity index (χ1) is 8.39. The SMILES string of the molecule is CCNC(CC)(CCCSC(C)C(C)C)C(=O)O. The van der Waals surface area contributed by atoms with Crippen molar-refractivity contribution in [3.8, 4) is 0 Å². The van der Waals surface area contributed by atoms with Crippen LogP contribution < -0.4 is 5.32 Å². The maximum Gasteiger partial charge on any atom is 0.323 e. The molecule has 108 valence electrons. The summed E-state index contributed by atoms with van der Waals surface area (Å²) in [6.07, 6.45) is 2.31. The van der Waals surface area contributed by atoms with E-state index >= 15 is 0 Å². The number of carbonyl (C=O) groups is 1. The molecular weight excluding hydrogens is 246 g/mol. The Kier molecular flexibility index (Phi) is 8.70. The largest absolute Gasteiger partial charge is 0.480 e. The molecule has 0 aromatic heterocycles. The first-order valence-corrected chi connectivity index (χ1v) is 8.04. The predicted octanol–water partition coefficient (Wildman–Crippen LogP) is 3.39. The third-order valence-corrected chi connectivity index (χ3v) is 5.19. The second-order valence-corrected chi connectivity index (χ2v) is 6.68. The van der Waals surface area contributed by atoms with E-state index in [1.165, 1.54) is 0 Å². The molecule has 18 heavy (non-hydrogen) atoms. The maximum atomic E-state index is 11.4. The molecule has 0 aromatic rings. The molecule has 0 aliphatic carbocycles. The molecular formula is C14H29NO2S. The number of hydrogen-bond acceptors (Lipinski definition) is 3. The summed E-state index contributed by atoms with van der Waals surface area (Å²) < 4.78 is 0. The molecule has 0 spiro atoms. The minimum atomic E-state index is -0.726. The van der Waals surface area contributed by atoms with E-state index in [0.29, 0.717) is 30.6 Å². The van der Waals surface area contributed by atoms with Crippen LogP contribution in [0.15, 0.2) is 0 Å². The number of aliphatic carboxylic acids is 1. The van der Waals surface area contributed by atoms with Gasteiger partial charge >= 0.3 is 5.97 Å². The zero-order valence-electron chi connectivity index (χ0n) is 12.5. The van der Waals surface area contributed by atoms with Crippen molar-refractivity contribution in [2.45, 2.75) is 64.7 Å². The minimum absolute atomic E-state index is 0.639. The summed E-state index contributed by atoms with van der Waals surface area (Å²) >= 11 is 1.94. The molecule has 0 rings (SSSR count). The molecule has 0 aliphatic rings. The molecule has 4 heteroatoms. The summed E-state index contributed by atoms with van der Waals surface area (Å²) in [6, 6.07) is 0. The number of nitrogens with one attached hydrogen (secondary N) is 1. The van der Waals surface area contributed by atoms with Crippen LogP contribution in [0.5, 0.6) is 0 Å². The number of likely N-dealkylation sites (N-methyl/N-ethyl adjacent to an activating group) is 1. The van der Waals surface area contributed by atoms with Gasteiger partial charge in [-0.05, 0) is 37.5 Å². The van der Waals surface area contributed by atoms with Gasteiger partial charge in [0.05, 0.1) is 0 Å². The highest BCUT2D eigenvalue weighted by molar-refractivity contribution is 7.99. The van der Waals surface area contributed by atoms with Crippen molar-refractivity contribution in [3.63, 3.8) is 0 Å². The van der Waals surface area contributed by atoms with E-state index in [-0.39, 0.29) is 0 Å². The lowest BCUT2D eigenvalue weighted by atomic mass is 9.91. The number of thioether (sulfide) groups is 1. The second kappa shape index (κ2) is 8.81. The van der Waals surface area contributed by atoms with Crippen molar-refractivity contribution in [1.82, 2.24) is 5.32 Å². The Balaban J connectivity index is 4.16. The first-order valence-electron chi connectivity index (χ1n) is 6.99. The fraction of sp³-hybridized carbons (Fsp3) is 0.929. The monoisotopic (exact) mass is 275 g/mol. The quantitative estimate of drug-likeness (QED) is 0.600. The molecule has 0 saturated carbocycles. The summed E-state index contributed by atoms with van der Waals surface area (Å²) in [4.78, 5) is 11.4. The van der Waals surface area contributed by atoms with Crippen molar-refractivity contribution in [2.24, 2.45) is 5.92 Å². The van der Waals surface area contributed by atoms with E-state index in [9.17, 15) is 9.90 Å². The van der Waals surface area contributed by atoms with Crippen LogP contribution in [0.25, 0.3) is 0 Å². The van der Waals surface area contributed by atoms with Gasteiger partial charge in [-0.1, -0.05) is 34.6 Å². The Labute approximate surface area is 116 Å². The van der Waals surface area contributed by atoms with Crippen molar-refractivity contribution >= 4 is 17.7 Å². The summed E-state index contributed by atoms with van der Waals surface area (Å²) in [5.41, 5.74) is -0.726. The highest BCUT2D eigenvalue weighted by atomic mass is 32.2. The van der Waals surface area contributed by atoms with Crippen LogP contribution in [0.1, 0.15) is 53.9 Å². The molecule has 0 amide bonds. The smallest absolute Gasteiger partial charge is 0.323 e. The van der Waals surface area contributed by atoms with Crippen molar-refractivity contribution in [2.75, 3.05) is 12.3 Å². The average molecular weight is 275 g/mol. The van der Waals surface area contributed by atoms with Crippen LogP contribution in [0, 0.1) is 5.92 Å². The fourth-order valence-corrected chi connectivity index (χ4v) is 2.97. The summed E-state index contributed by atoms with van der Waals surface area (Å²) in [5.74, 6) is 1.01. The number of rotatable bonds is 10. The minimum Gasteiger partial charge on any atom is -0.480 e. The van der Waals surface area contributed by atoms with E-state index in [4.69, 9.17) is 0 Å². The van der Waals surface area contributed by atoms with Gasteiger partial charge in [-0.2, -0.15) is 11.8 Å². The summed E-state index contributed by atoms with van der Waals surface area (Å²) in [6.45, 7) is 11.3. The van der Waals surface area contributed by atoms with Gasteiger partial charge < -0.3 is 10.4 Å². The Morgan fingerprint density at radius 1 is 1.33 bits per heavy atom. The molecule has 0 aliphatic heterocycles. The lowest BCUT2D eigenvalue weighted by Crippen LogP contribution is -2.51. The zero-order chi connectivity index (χ0) is 14.2. The number of carboxylic acid groups (broad SMARTS) is 1. The molecule has 0 saturated heterocycles. The summed E-state index contributed by atoms with van der Waals surface area (Å²) in [5, 5.41) is 13.2. The fourth-order valence-electron chi connectivity index (χ4n) is 1.90. The maximum absolute atomic E-state index is 11.4. The lowest BCUT2D eigenvalue weighted by molar-refractivity contribution is -0.145. The molecule has 0 aromatic carbocycles. The van der Waals surface area contributed by atoms with Crippen LogP contribution in [0.3, 0.4) is 0 Å². The Morgan fingerprint density at radius 2 is 1.94 bits per heavy atom. The number of hydrogen-bond donors (Lipinski definition) is 2. The van der Waals surface area contributed by atoms with Gasteiger partial charge in [0, 0.05) is 5.25 Å². The van der Waals surface area contributed by atoms with Gasteiger partial charge in [0.15, 0.2) is 0 Å². The Morgan fingerprint density at radius 3 is 2.33 bits per heavy atom. The lowest BCUT2D eigenvalue weighted by Gasteiger charge is -2.29. The third kappa shape index (κ3) is 5.61. The standard InChI is InChI=1S/C14H29NO2S/c1-6-14(13(16)17,15-7-2)9-8-10-18-12(5)11(3)4/h11-12,15H,6-10H2,1-5H3,(H,16,17). The van der Waals surface area contributed by atoms with E-state index in [0.717, 1.165) is 12.2 Å². The predicted molar refractivity (Wildman–Crippen MR) is 80.3 cm³/mol. The third-order valence-electron chi connectivity index (χ3n) is 3.60.